The maximum Gasteiger partial charge on any atom is 0.323 e. The second-order valence-corrected chi connectivity index (χ2v) is 3.36. The third-order valence-corrected chi connectivity index (χ3v) is 1.89. The lowest BCUT2D eigenvalue weighted by Gasteiger charge is -2.04. The van der Waals surface area contributed by atoms with E-state index >= 15 is 0 Å². The topological polar surface area (TPSA) is 41.1 Å². The predicted octanol–water partition coefficient (Wildman–Crippen LogP) is 3.39. The van der Waals surface area contributed by atoms with Gasteiger partial charge in [-0.1, -0.05) is 30.7 Å². The number of benzene rings is 1. The molecule has 0 saturated heterocycles. The summed E-state index contributed by atoms with van der Waals surface area (Å²) in [5, 5.41) is 5.83. The first kappa shape index (κ1) is 11.6. The molecule has 0 fully saturated rings. The van der Waals surface area contributed by atoms with Crippen LogP contribution in [0.3, 0.4) is 0 Å². The van der Waals surface area contributed by atoms with Gasteiger partial charge < -0.3 is 10.6 Å². The first-order valence-corrected chi connectivity index (χ1v) is 5.08. The summed E-state index contributed by atoms with van der Waals surface area (Å²) in [7, 11) is 0. The van der Waals surface area contributed by atoms with Crippen molar-refractivity contribution in [3.63, 3.8) is 0 Å². The second kappa shape index (κ2) is 6.09. The molecule has 0 heterocycles. The van der Waals surface area contributed by atoms with Crippen molar-refractivity contribution in [3.8, 4) is 0 Å². The van der Waals surface area contributed by atoms with Crippen molar-refractivity contribution in [2.45, 2.75) is 13.3 Å². The molecular formula is C11H13ClN2O. The second-order valence-electron chi connectivity index (χ2n) is 2.92. The fraction of sp³-hybridized carbons (Fsp3) is 0.182. The number of amides is 2. The third-order valence-electron chi connectivity index (χ3n) is 1.65. The minimum atomic E-state index is -0.276. The summed E-state index contributed by atoms with van der Waals surface area (Å²) in [6, 6.07) is 6.71. The van der Waals surface area contributed by atoms with E-state index in [1.807, 2.05) is 13.0 Å². The highest BCUT2D eigenvalue weighted by Crippen LogP contribution is 2.14. The first-order valence-electron chi connectivity index (χ1n) is 4.70. The number of nitrogens with one attached hydrogen (secondary N) is 2. The monoisotopic (exact) mass is 224 g/mol. The molecule has 0 atom stereocenters. The molecule has 2 N–H and O–H groups in total. The molecule has 1 aromatic rings. The number of allylic oxidation sites excluding steroid dienone is 1. The first-order chi connectivity index (χ1) is 7.22. The standard InChI is InChI=1S/C11H13ClN2O/c1-2-3-7-13-11(15)14-10-6-4-5-9(12)8-10/h3-8H,2H2,1H3,(H2,13,14,15)/b7-3+. The lowest BCUT2D eigenvalue weighted by Crippen LogP contribution is -2.23. The number of carbonyl (C=O) groups is 1. The maximum atomic E-state index is 11.3. The largest absolute Gasteiger partial charge is 0.323 e. The molecule has 0 aromatic heterocycles. The maximum absolute atomic E-state index is 11.3. The van der Waals surface area contributed by atoms with E-state index in [9.17, 15) is 4.79 Å². The van der Waals surface area contributed by atoms with Gasteiger partial charge in [-0.25, -0.2) is 4.79 Å². The zero-order valence-electron chi connectivity index (χ0n) is 8.46. The molecule has 15 heavy (non-hydrogen) atoms. The molecule has 0 bridgehead atoms. The minimum Gasteiger partial charge on any atom is -0.315 e. The normalized spacial score (nSPS) is 10.3. The van der Waals surface area contributed by atoms with Crippen molar-refractivity contribution in [3.05, 3.63) is 41.6 Å². The Kier molecular flexibility index (Phi) is 4.71. The summed E-state index contributed by atoms with van der Waals surface area (Å²) in [5.74, 6) is 0. The van der Waals surface area contributed by atoms with Crippen LogP contribution in [0.25, 0.3) is 0 Å². The summed E-state index contributed by atoms with van der Waals surface area (Å²) in [4.78, 5) is 11.3. The summed E-state index contributed by atoms with van der Waals surface area (Å²) in [6.07, 6.45) is 4.36. The Morgan fingerprint density at radius 3 is 3.00 bits per heavy atom. The van der Waals surface area contributed by atoms with E-state index in [0.29, 0.717) is 10.7 Å². The van der Waals surface area contributed by atoms with Gasteiger partial charge in [0.05, 0.1) is 0 Å². The zero-order valence-corrected chi connectivity index (χ0v) is 9.21. The Morgan fingerprint density at radius 1 is 1.53 bits per heavy atom. The highest BCUT2D eigenvalue weighted by molar-refractivity contribution is 6.30. The fourth-order valence-corrected chi connectivity index (χ4v) is 1.18. The molecule has 0 saturated carbocycles. The molecule has 0 aliphatic rings. The van der Waals surface area contributed by atoms with Crippen LogP contribution in [0.5, 0.6) is 0 Å². The van der Waals surface area contributed by atoms with E-state index in [1.54, 1.807) is 30.5 Å². The van der Waals surface area contributed by atoms with Gasteiger partial charge in [-0.2, -0.15) is 0 Å². The molecular weight excluding hydrogens is 212 g/mol. The van der Waals surface area contributed by atoms with Gasteiger partial charge in [0.1, 0.15) is 0 Å². The molecule has 3 nitrogen and oxygen atoms in total. The average Bonchev–Trinajstić information content (AvgIpc) is 2.18. The van der Waals surface area contributed by atoms with Gasteiger partial charge in [0.25, 0.3) is 0 Å². The third kappa shape index (κ3) is 4.51. The Balaban J connectivity index is 2.48. The molecule has 4 heteroatoms. The number of hydrogen-bond acceptors (Lipinski definition) is 1. The van der Waals surface area contributed by atoms with Crippen molar-refractivity contribution < 1.29 is 4.79 Å². The van der Waals surface area contributed by atoms with E-state index in [2.05, 4.69) is 10.6 Å². The fourth-order valence-electron chi connectivity index (χ4n) is 0.986. The van der Waals surface area contributed by atoms with Crippen LogP contribution in [0.15, 0.2) is 36.5 Å². The molecule has 80 valence electrons. The molecule has 0 spiro atoms. The molecule has 0 aliphatic carbocycles. The van der Waals surface area contributed by atoms with Crippen LogP contribution in [-0.2, 0) is 0 Å². The SMILES string of the molecule is CC/C=C/NC(=O)Nc1cccc(Cl)c1. The van der Waals surface area contributed by atoms with Crippen LogP contribution in [0, 0.1) is 0 Å². The van der Waals surface area contributed by atoms with Crippen LogP contribution < -0.4 is 10.6 Å². The van der Waals surface area contributed by atoms with Gasteiger partial charge in [0.2, 0.25) is 0 Å². The highest BCUT2D eigenvalue weighted by atomic mass is 35.5. The number of rotatable bonds is 3. The molecule has 0 radical (unpaired) electrons. The Hall–Kier alpha value is -1.48. The van der Waals surface area contributed by atoms with E-state index in [1.165, 1.54) is 0 Å². The van der Waals surface area contributed by atoms with E-state index in [4.69, 9.17) is 11.6 Å². The van der Waals surface area contributed by atoms with Gasteiger partial charge >= 0.3 is 6.03 Å². The van der Waals surface area contributed by atoms with Crippen molar-refractivity contribution in [2.24, 2.45) is 0 Å². The summed E-state index contributed by atoms with van der Waals surface area (Å²) >= 11 is 5.77. The quantitative estimate of drug-likeness (QED) is 0.812. The molecule has 2 amide bonds. The van der Waals surface area contributed by atoms with Gasteiger partial charge in [-0.15, -0.1) is 0 Å². The molecule has 1 aromatic carbocycles. The lowest BCUT2D eigenvalue weighted by atomic mass is 10.3. The number of carbonyl (C=O) groups excluding carboxylic acids is 1. The molecule has 0 aliphatic heterocycles. The summed E-state index contributed by atoms with van der Waals surface area (Å²) in [6.45, 7) is 1.99. The van der Waals surface area contributed by atoms with Gasteiger partial charge in [0, 0.05) is 16.9 Å². The summed E-state index contributed by atoms with van der Waals surface area (Å²) in [5.41, 5.74) is 0.671. The Bertz CT molecular complexity index is 363. The predicted molar refractivity (Wildman–Crippen MR) is 63.0 cm³/mol. The van der Waals surface area contributed by atoms with Crippen LogP contribution in [0.2, 0.25) is 5.02 Å². The average molecular weight is 225 g/mol. The number of hydrogen-bond donors (Lipinski definition) is 2. The van der Waals surface area contributed by atoms with Gasteiger partial charge in [0.15, 0.2) is 0 Å². The number of halogens is 1. The van der Waals surface area contributed by atoms with Crippen molar-refractivity contribution in [1.29, 1.82) is 0 Å². The van der Waals surface area contributed by atoms with E-state index in [-0.39, 0.29) is 6.03 Å². The number of urea groups is 1. The van der Waals surface area contributed by atoms with Crippen LogP contribution in [0.1, 0.15) is 13.3 Å². The molecule has 1 rings (SSSR count). The van der Waals surface area contributed by atoms with Crippen LogP contribution in [-0.4, -0.2) is 6.03 Å². The van der Waals surface area contributed by atoms with E-state index in [0.717, 1.165) is 6.42 Å². The minimum absolute atomic E-state index is 0.276. The van der Waals surface area contributed by atoms with Crippen molar-refractivity contribution in [2.75, 3.05) is 5.32 Å². The van der Waals surface area contributed by atoms with E-state index < -0.39 is 0 Å². The number of anilines is 1. The smallest absolute Gasteiger partial charge is 0.315 e. The zero-order chi connectivity index (χ0) is 11.1. The van der Waals surface area contributed by atoms with Crippen LogP contribution in [0.4, 0.5) is 10.5 Å². The van der Waals surface area contributed by atoms with Crippen molar-refractivity contribution in [1.82, 2.24) is 5.32 Å². The molecule has 0 unspecified atom stereocenters. The van der Waals surface area contributed by atoms with Crippen LogP contribution >= 0.6 is 11.6 Å². The lowest BCUT2D eigenvalue weighted by molar-refractivity contribution is 0.255. The Labute approximate surface area is 94.1 Å². The van der Waals surface area contributed by atoms with Gasteiger partial charge in [-0.05, 0) is 24.6 Å². The Morgan fingerprint density at radius 2 is 2.33 bits per heavy atom. The summed E-state index contributed by atoms with van der Waals surface area (Å²) < 4.78 is 0. The highest BCUT2D eigenvalue weighted by Gasteiger charge is 1.98. The van der Waals surface area contributed by atoms with Crippen molar-refractivity contribution >= 4 is 23.3 Å². The van der Waals surface area contributed by atoms with Gasteiger partial charge in [-0.3, -0.25) is 0 Å².